The van der Waals surface area contributed by atoms with Crippen molar-refractivity contribution in [3.8, 4) is 17.0 Å². The van der Waals surface area contributed by atoms with Gasteiger partial charge in [0.2, 0.25) is 0 Å². The van der Waals surface area contributed by atoms with E-state index in [0.29, 0.717) is 0 Å². The zero-order valence-electron chi connectivity index (χ0n) is 20.7. The topological polar surface area (TPSA) is 50.1 Å². The van der Waals surface area contributed by atoms with Crippen molar-refractivity contribution < 1.29 is 9.53 Å². The minimum atomic E-state index is 0.0995. The summed E-state index contributed by atoms with van der Waals surface area (Å²) in [7, 11) is 1.67. The van der Waals surface area contributed by atoms with Crippen molar-refractivity contribution in [2.45, 2.75) is 13.8 Å². The number of ether oxygens (including phenoxy) is 1. The summed E-state index contributed by atoms with van der Waals surface area (Å²) in [4.78, 5) is 23.4. The van der Waals surface area contributed by atoms with E-state index in [1.807, 2.05) is 47.4 Å². The number of rotatable bonds is 4. The monoisotopic (exact) mass is 496 g/mol. The number of hydrogen-bond donors (Lipinski definition) is 0. The molecule has 36 heavy (non-hydrogen) atoms. The molecule has 0 atom stereocenters. The summed E-state index contributed by atoms with van der Waals surface area (Å²) < 4.78 is 8.43. The Morgan fingerprint density at radius 3 is 2.50 bits per heavy atom. The van der Waals surface area contributed by atoms with Crippen LogP contribution in [-0.2, 0) is 0 Å². The first-order valence-electron chi connectivity index (χ1n) is 12.2. The predicted octanol–water partition coefficient (Wildman–Crippen LogP) is 5.80. The molecule has 0 aliphatic carbocycles. The molecular formula is C29H28N4O2S. The molecule has 5 aromatic rings. The van der Waals surface area contributed by atoms with Crippen LogP contribution in [0.1, 0.15) is 21.5 Å². The number of aryl methyl sites for hydroxylation is 1. The molecule has 1 saturated heterocycles. The van der Waals surface area contributed by atoms with Gasteiger partial charge in [0.1, 0.15) is 5.75 Å². The lowest BCUT2D eigenvalue weighted by atomic mass is 10.1. The molecule has 6 nitrogen and oxygen atoms in total. The molecule has 0 spiro atoms. The molecule has 1 aliphatic heterocycles. The summed E-state index contributed by atoms with van der Waals surface area (Å²) in [6.07, 6.45) is 2.06. The largest absolute Gasteiger partial charge is 0.497 e. The molecule has 0 bridgehead atoms. The highest BCUT2D eigenvalue weighted by molar-refractivity contribution is 7.23. The van der Waals surface area contributed by atoms with Gasteiger partial charge >= 0.3 is 0 Å². The fourth-order valence-corrected chi connectivity index (χ4v) is 5.99. The van der Waals surface area contributed by atoms with Crippen molar-refractivity contribution in [3.05, 3.63) is 83.6 Å². The number of carbonyl (C=O) groups is 1. The number of amides is 1. The van der Waals surface area contributed by atoms with E-state index in [-0.39, 0.29) is 5.91 Å². The third-order valence-corrected chi connectivity index (χ3v) is 8.23. The number of thiazole rings is 1. The van der Waals surface area contributed by atoms with E-state index in [2.05, 4.69) is 47.5 Å². The average Bonchev–Trinajstić information content (AvgIpc) is 3.48. The highest BCUT2D eigenvalue weighted by Gasteiger charge is 2.24. The Kier molecular flexibility index (Phi) is 5.64. The molecule has 6 rings (SSSR count). The van der Waals surface area contributed by atoms with Gasteiger partial charge in [-0.15, -0.1) is 0 Å². The van der Waals surface area contributed by atoms with Crippen LogP contribution in [0.3, 0.4) is 0 Å². The molecule has 7 heteroatoms. The first kappa shape index (κ1) is 22.6. The zero-order valence-corrected chi connectivity index (χ0v) is 21.5. The van der Waals surface area contributed by atoms with Crippen LogP contribution in [0.15, 0.2) is 66.9 Å². The maximum Gasteiger partial charge on any atom is 0.254 e. The SMILES string of the molecule is COc1ccc(-c2cn3c(n2)sc2cc(C(=O)N4CCN(c5cccc(C)c5C)CC4)ccc23)cc1. The Balaban J connectivity index is 1.20. The lowest BCUT2D eigenvalue weighted by Crippen LogP contribution is -2.49. The summed E-state index contributed by atoms with van der Waals surface area (Å²) in [5, 5.41) is 0. The van der Waals surface area contributed by atoms with Crippen LogP contribution < -0.4 is 9.64 Å². The van der Waals surface area contributed by atoms with Crippen molar-refractivity contribution in [2.24, 2.45) is 0 Å². The maximum atomic E-state index is 13.3. The summed E-state index contributed by atoms with van der Waals surface area (Å²) >= 11 is 1.61. The van der Waals surface area contributed by atoms with Crippen LogP contribution in [0.4, 0.5) is 5.69 Å². The summed E-state index contributed by atoms with van der Waals surface area (Å²) in [6.45, 7) is 7.47. The Morgan fingerprint density at radius 1 is 0.972 bits per heavy atom. The highest BCUT2D eigenvalue weighted by Crippen LogP contribution is 2.31. The highest BCUT2D eigenvalue weighted by atomic mass is 32.1. The van der Waals surface area contributed by atoms with E-state index >= 15 is 0 Å². The summed E-state index contributed by atoms with van der Waals surface area (Å²) in [5.41, 5.74) is 7.68. The minimum absolute atomic E-state index is 0.0995. The number of carbonyl (C=O) groups excluding carboxylic acids is 1. The average molecular weight is 497 g/mol. The van der Waals surface area contributed by atoms with Crippen molar-refractivity contribution in [2.75, 3.05) is 38.2 Å². The van der Waals surface area contributed by atoms with Crippen LogP contribution >= 0.6 is 11.3 Å². The van der Waals surface area contributed by atoms with Crippen molar-refractivity contribution >= 4 is 38.1 Å². The van der Waals surface area contributed by atoms with Gasteiger partial charge in [0.15, 0.2) is 4.96 Å². The molecule has 2 aromatic heterocycles. The van der Waals surface area contributed by atoms with Crippen LogP contribution in [-0.4, -0.2) is 53.5 Å². The Hall–Kier alpha value is -3.84. The second-order valence-electron chi connectivity index (χ2n) is 9.29. The second-order valence-corrected chi connectivity index (χ2v) is 10.3. The number of fused-ring (bicyclic) bond motifs is 3. The molecule has 182 valence electrons. The molecule has 0 unspecified atom stereocenters. The van der Waals surface area contributed by atoms with E-state index in [1.165, 1.54) is 16.8 Å². The summed E-state index contributed by atoms with van der Waals surface area (Å²) in [5.74, 6) is 0.927. The fraction of sp³-hybridized carbons (Fsp3) is 0.241. The number of methoxy groups -OCH3 is 1. The number of piperazine rings is 1. The van der Waals surface area contributed by atoms with Gasteiger partial charge in [-0.05, 0) is 73.5 Å². The number of aromatic nitrogens is 2. The predicted molar refractivity (Wildman–Crippen MR) is 147 cm³/mol. The van der Waals surface area contributed by atoms with Crippen LogP contribution in [0, 0.1) is 13.8 Å². The number of benzene rings is 3. The van der Waals surface area contributed by atoms with Gasteiger partial charge in [0.25, 0.3) is 5.91 Å². The molecule has 1 amide bonds. The first-order valence-corrected chi connectivity index (χ1v) is 13.0. The van der Waals surface area contributed by atoms with Gasteiger partial charge in [-0.1, -0.05) is 23.5 Å². The van der Waals surface area contributed by atoms with Gasteiger partial charge in [0, 0.05) is 49.2 Å². The van der Waals surface area contributed by atoms with Gasteiger partial charge in [-0.25, -0.2) is 4.98 Å². The molecule has 0 N–H and O–H groups in total. The van der Waals surface area contributed by atoms with Gasteiger partial charge in [-0.2, -0.15) is 0 Å². The molecule has 1 fully saturated rings. The fourth-order valence-electron chi connectivity index (χ4n) is 4.95. The maximum absolute atomic E-state index is 13.3. The Bertz CT molecular complexity index is 1580. The lowest BCUT2D eigenvalue weighted by Gasteiger charge is -2.37. The third kappa shape index (κ3) is 3.89. The van der Waals surface area contributed by atoms with Gasteiger partial charge < -0.3 is 14.5 Å². The molecule has 3 aromatic carbocycles. The van der Waals surface area contributed by atoms with E-state index in [9.17, 15) is 4.79 Å². The first-order chi connectivity index (χ1) is 17.5. The summed E-state index contributed by atoms with van der Waals surface area (Å²) in [6, 6.07) is 20.4. The van der Waals surface area contributed by atoms with Crippen LogP contribution in [0.25, 0.3) is 26.4 Å². The van der Waals surface area contributed by atoms with E-state index in [1.54, 1.807) is 18.4 Å². The van der Waals surface area contributed by atoms with E-state index in [4.69, 9.17) is 9.72 Å². The van der Waals surface area contributed by atoms with E-state index < -0.39 is 0 Å². The number of anilines is 1. The number of hydrogen-bond acceptors (Lipinski definition) is 5. The number of nitrogens with zero attached hydrogens (tertiary/aromatic N) is 4. The minimum Gasteiger partial charge on any atom is -0.497 e. The van der Waals surface area contributed by atoms with Gasteiger partial charge in [-0.3, -0.25) is 9.20 Å². The zero-order chi connectivity index (χ0) is 24.8. The molecule has 3 heterocycles. The molecule has 1 aliphatic rings. The quantitative estimate of drug-likeness (QED) is 0.315. The molecule has 0 saturated carbocycles. The molecular weight excluding hydrogens is 468 g/mol. The Morgan fingerprint density at radius 2 is 1.75 bits per heavy atom. The van der Waals surface area contributed by atoms with Crippen LogP contribution in [0.5, 0.6) is 5.75 Å². The van der Waals surface area contributed by atoms with E-state index in [0.717, 1.165) is 63.9 Å². The van der Waals surface area contributed by atoms with Gasteiger partial charge in [0.05, 0.1) is 23.0 Å². The third-order valence-electron chi connectivity index (χ3n) is 7.21. The molecule has 0 radical (unpaired) electrons. The second kappa shape index (κ2) is 8.99. The standard InChI is InChI=1S/C29H28N4O2S/c1-19-5-4-6-25(20(19)2)31-13-15-32(16-14-31)28(34)22-9-12-26-27(17-22)36-29-30-24(18-33(26)29)21-7-10-23(35-3)11-8-21/h4-12,17-18H,13-16H2,1-3H3. The normalized spacial score (nSPS) is 14.1. The van der Waals surface area contributed by atoms with Crippen LogP contribution in [0.2, 0.25) is 0 Å². The smallest absolute Gasteiger partial charge is 0.254 e. The Labute approximate surface area is 214 Å². The number of imidazole rings is 1. The van der Waals surface area contributed by atoms with Crippen molar-refractivity contribution in [1.82, 2.24) is 14.3 Å². The lowest BCUT2D eigenvalue weighted by molar-refractivity contribution is 0.0747. The van der Waals surface area contributed by atoms with Crippen molar-refractivity contribution in [1.29, 1.82) is 0 Å². The van der Waals surface area contributed by atoms with Crippen molar-refractivity contribution in [3.63, 3.8) is 0 Å².